The topological polar surface area (TPSA) is 73.5 Å². The Kier molecular flexibility index (Phi) is 7.85. The minimum atomic E-state index is -0.364. The smallest absolute Gasteiger partial charge is 0.323 e. The maximum Gasteiger partial charge on any atom is 0.323 e. The monoisotopic (exact) mass is 520 g/mol. The number of piperidine rings is 1. The van der Waals surface area contributed by atoms with Gasteiger partial charge in [0.05, 0.1) is 11.6 Å². The first-order valence-corrected chi connectivity index (χ1v) is 12.4. The van der Waals surface area contributed by atoms with Gasteiger partial charge in [0.25, 0.3) is 5.91 Å². The minimum Gasteiger partial charge on any atom is -0.371 e. The third-order valence-electron chi connectivity index (χ3n) is 5.95. The highest BCUT2D eigenvalue weighted by molar-refractivity contribution is 9.10. The highest BCUT2D eigenvalue weighted by Crippen LogP contribution is 2.28. The van der Waals surface area contributed by atoms with E-state index in [9.17, 15) is 9.59 Å². The molecule has 0 spiro atoms. The van der Waals surface area contributed by atoms with Crippen LogP contribution in [0.4, 0.5) is 21.9 Å². The number of hydrogen-bond donors (Lipinski definition) is 3. The fraction of sp³-hybridized carbons (Fsp3) is 0.259. The van der Waals surface area contributed by atoms with Crippen LogP contribution in [-0.4, -0.2) is 25.0 Å². The van der Waals surface area contributed by atoms with E-state index >= 15 is 0 Å². The second-order valence-electron chi connectivity index (χ2n) is 8.47. The predicted molar refractivity (Wildman–Crippen MR) is 142 cm³/mol. The van der Waals surface area contributed by atoms with E-state index in [-0.39, 0.29) is 18.0 Å². The Labute approximate surface area is 208 Å². The molecule has 3 amide bonds. The van der Waals surface area contributed by atoms with Gasteiger partial charge in [-0.1, -0.05) is 46.3 Å². The van der Waals surface area contributed by atoms with E-state index in [1.54, 1.807) is 6.07 Å². The van der Waals surface area contributed by atoms with Gasteiger partial charge in [-0.3, -0.25) is 4.79 Å². The molecule has 4 rings (SSSR count). The van der Waals surface area contributed by atoms with Gasteiger partial charge in [0.15, 0.2) is 0 Å². The van der Waals surface area contributed by atoms with Gasteiger partial charge in [-0.25, -0.2) is 4.79 Å². The lowest BCUT2D eigenvalue weighted by Gasteiger charge is -2.31. The Balaban J connectivity index is 1.54. The van der Waals surface area contributed by atoms with E-state index < -0.39 is 0 Å². The number of nitrogens with one attached hydrogen (secondary N) is 3. The van der Waals surface area contributed by atoms with Crippen LogP contribution in [0.25, 0.3) is 0 Å². The van der Waals surface area contributed by atoms with Crippen LogP contribution in [0.3, 0.4) is 0 Å². The number of anilines is 3. The molecule has 0 saturated carbocycles. The molecule has 6 nitrogen and oxygen atoms in total. The quantitative estimate of drug-likeness (QED) is 0.343. The molecule has 1 saturated heterocycles. The number of nitrogens with zero attached hydrogens (tertiary/aromatic N) is 1. The average Bonchev–Trinajstić information content (AvgIpc) is 2.86. The van der Waals surface area contributed by atoms with Crippen molar-refractivity contribution < 1.29 is 9.59 Å². The fourth-order valence-electron chi connectivity index (χ4n) is 4.13. The van der Waals surface area contributed by atoms with Gasteiger partial charge in [-0.05, 0) is 74.2 Å². The largest absolute Gasteiger partial charge is 0.371 e. The second kappa shape index (κ2) is 11.2. The standard InChI is InChI=1S/C27H29BrN4O2/c1-19(20-8-4-2-5-9-20)29-26(33)24-18-23(14-15-25(24)32-16-6-3-7-17-32)31-27(34)30-22-12-10-21(28)11-13-22/h2,4-5,8-15,18-19H,3,6-7,16-17H2,1H3,(H,29,33)(H2,30,31,34)/t19-/m1/s1. The second-order valence-corrected chi connectivity index (χ2v) is 9.39. The molecule has 3 N–H and O–H groups in total. The van der Waals surface area contributed by atoms with Gasteiger partial charge in [0, 0.05) is 34.6 Å². The van der Waals surface area contributed by atoms with Gasteiger partial charge in [-0.15, -0.1) is 0 Å². The van der Waals surface area contributed by atoms with Crippen LogP contribution in [0.2, 0.25) is 0 Å². The lowest BCUT2D eigenvalue weighted by molar-refractivity contribution is 0.0940. The van der Waals surface area contributed by atoms with E-state index in [4.69, 9.17) is 0 Å². The molecule has 1 atom stereocenters. The highest BCUT2D eigenvalue weighted by Gasteiger charge is 2.21. The van der Waals surface area contributed by atoms with Crippen LogP contribution in [-0.2, 0) is 0 Å². The highest BCUT2D eigenvalue weighted by atomic mass is 79.9. The summed E-state index contributed by atoms with van der Waals surface area (Å²) in [7, 11) is 0. The molecule has 1 heterocycles. The summed E-state index contributed by atoms with van der Waals surface area (Å²) in [4.78, 5) is 28.2. The lowest BCUT2D eigenvalue weighted by atomic mass is 10.0. The van der Waals surface area contributed by atoms with Gasteiger partial charge in [0.1, 0.15) is 0 Å². The van der Waals surface area contributed by atoms with Crippen LogP contribution >= 0.6 is 15.9 Å². The van der Waals surface area contributed by atoms with E-state index in [1.807, 2.05) is 73.7 Å². The van der Waals surface area contributed by atoms with Crippen LogP contribution in [0.5, 0.6) is 0 Å². The molecular weight excluding hydrogens is 492 g/mol. The molecule has 0 bridgehead atoms. The zero-order valence-corrected chi connectivity index (χ0v) is 20.8. The van der Waals surface area contributed by atoms with Crippen LogP contribution < -0.4 is 20.9 Å². The Hall–Kier alpha value is -3.32. The zero-order chi connectivity index (χ0) is 23.9. The first-order valence-electron chi connectivity index (χ1n) is 11.6. The van der Waals surface area contributed by atoms with Gasteiger partial charge < -0.3 is 20.9 Å². The normalized spacial score (nSPS) is 14.2. The van der Waals surface area contributed by atoms with E-state index in [2.05, 4.69) is 36.8 Å². The molecule has 0 radical (unpaired) electrons. The fourth-order valence-corrected chi connectivity index (χ4v) is 4.40. The van der Waals surface area contributed by atoms with Crippen LogP contribution in [0.1, 0.15) is 48.1 Å². The Morgan fingerprint density at radius 1 is 0.853 bits per heavy atom. The summed E-state index contributed by atoms with van der Waals surface area (Å²) in [6.07, 6.45) is 3.42. The van der Waals surface area contributed by atoms with Crippen molar-refractivity contribution in [1.29, 1.82) is 0 Å². The number of rotatable bonds is 6. The van der Waals surface area contributed by atoms with Crippen molar-refractivity contribution in [3.05, 3.63) is 88.4 Å². The molecular formula is C27H29BrN4O2. The summed E-state index contributed by atoms with van der Waals surface area (Å²) < 4.78 is 0.937. The van der Waals surface area contributed by atoms with Crippen molar-refractivity contribution in [2.24, 2.45) is 0 Å². The van der Waals surface area contributed by atoms with Crippen LogP contribution in [0.15, 0.2) is 77.3 Å². The molecule has 34 heavy (non-hydrogen) atoms. The number of carbonyl (C=O) groups excluding carboxylic acids is 2. The van der Waals surface area contributed by atoms with Crippen molar-refractivity contribution in [1.82, 2.24) is 5.32 Å². The number of hydrogen-bond acceptors (Lipinski definition) is 3. The SMILES string of the molecule is C[C@@H](NC(=O)c1cc(NC(=O)Nc2ccc(Br)cc2)ccc1N1CCCCC1)c1ccccc1. The number of benzene rings is 3. The summed E-state index contributed by atoms with van der Waals surface area (Å²) in [6, 6.07) is 22.3. The molecule has 0 unspecified atom stereocenters. The van der Waals surface area contributed by atoms with E-state index in [0.29, 0.717) is 16.9 Å². The summed E-state index contributed by atoms with van der Waals surface area (Å²) in [6.45, 7) is 3.82. The van der Waals surface area contributed by atoms with Crippen molar-refractivity contribution in [2.75, 3.05) is 28.6 Å². The first-order chi connectivity index (χ1) is 16.5. The third-order valence-corrected chi connectivity index (χ3v) is 6.47. The Morgan fingerprint density at radius 3 is 2.21 bits per heavy atom. The van der Waals surface area contributed by atoms with Gasteiger partial charge >= 0.3 is 6.03 Å². The van der Waals surface area contributed by atoms with Gasteiger partial charge in [0.2, 0.25) is 0 Å². The third kappa shape index (κ3) is 6.17. The summed E-state index contributed by atoms with van der Waals surface area (Å²) in [5.74, 6) is -0.158. The van der Waals surface area contributed by atoms with Gasteiger partial charge in [-0.2, -0.15) is 0 Å². The number of urea groups is 1. The minimum absolute atomic E-state index is 0.139. The number of halogens is 1. The Bertz CT molecular complexity index is 1130. The van der Waals surface area contributed by atoms with Crippen molar-refractivity contribution >= 4 is 44.9 Å². The summed E-state index contributed by atoms with van der Waals surface area (Å²) >= 11 is 3.39. The molecule has 3 aromatic carbocycles. The maximum absolute atomic E-state index is 13.4. The summed E-state index contributed by atoms with van der Waals surface area (Å²) in [5.41, 5.74) is 3.74. The molecule has 3 aromatic rings. The molecule has 1 aliphatic rings. The molecule has 176 valence electrons. The predicted octanol–water partition coefficient (Wildman–Crippen LogP) is 6.57. The molecule has 0 aliphatic carbocycles. The lowest BCUT2D eigenvalue weighted by Crippen LogP contribution is -2.33. The molecule has 7 heteroatoms. The Morgan fingerprint density at radius 2 is 1.50 bits per heavy atom. The van der Waals surface area contributed by atoms with E-state index in [0.717, 1.165) is 41.7 Å². The van der Waals surface area contributed by atoms with E-state index in [1.165, 1.54) is 6.42 Å². The molecule has 1 aliphatic heterocycles. The van der Waals surface area contributed by atoms with Crippen molar-refractivity contribution in [2.45, 2.75) is 32.2 Å². The maximum atomic E-state index is 13.4. The van der Waals surface area contributed by atoms with Crippen molar-refractivity contribution in [3.8, 4) is 0 Å². The van der Waals surface area contributed by atoms with Crippen molar-refractivity contribution in [3.63, 3.8) is 0 Å². The molecule has 1 fully saturated rings. The number of carbonyl (C=O) groups is 2. The zero-order valence-electron chi connectivity index (χ0n) is 19.2. The summed E-state index contributed by atoms with van der Waals surface area (Å²) in [5, 5.41) is 8.79. The first kappa shape index (κ1) is 23.8. The molecule has 0 aromatic heterocycles. The average molecular weight is 521 g/mol. The van der Waals surface area contributed by atoms with Crippen LogP contribution in [0, 0.1) is 0 Å². The number of amides is 3.